The molecule has 1 aromatic rings. The number of hydrogen-bond donors (Lipinski definition) is 3. The van der Waals surface area contributed by atoms with E-state index < -0.39 is 5.91 Å². The Bertz CT molecular complexity index is 432. The summed E-state index contributed by atoms with van der Waals surface area (Å²) >= 11 is 0. The van der Waals surface area contributed by atoms with Gasteiger partial charge < -0.3 is 16.8 Å². The number of primary amides is 1. The molecule has 1 aromatic carbocycles. The maximum absolute atomic E-state index is 11.1. The van der Waals surface area contributed by atoms with E-state index in [1.54, 1.807) is 18.2 Å². The number of benzene rings is 1. The molecule has 0 radical (unpaired) electrons. The minimum absolute atomic E-state index is 0.426. The van der Waals surface area contributed by atoms with E-state index in [2.05, 4.69) is 12.2 Å². The molecule has 0 atom stereocenters. The van der Waals surface area contributed by atoms with E-state index in [-0.39, 0.29) is 0 Å². The summed E-state index contributed by atoms with van der Waals surface area (Å²) in [7, 11) is 0. The largest absolute Gasteiger partial charge is 0.397 e. The second kappa shape index (κ2) is 10.1. The molecule has 0 aromatic heterocycles. The van der Waals surface area contributed by atoms with Crippen LogP contribution in [0.15, 0.2) is 18.2 Å². The van der Waals surface area contributed by atoms with Crippen molar-refractivity contribution in [3.05, 3.63) is 23.8 Å². The maximum atomic E-state index is 11.1. The SMILES string of the molecule is CCCCCCCCCCNc1cc(C(N)=O)ccc1N. The summed E-state index contributed by atoms with van der Waals surface area (Å²) in [6, 6.07) is 5.09. The topological polar surface area (TPSA) is 81.1 Å². The van der Waals surface area contributed by atoms with Crippen molar-refractivity contribution in [1.82, 2.24) is 0 Å². The van der Waals surface area contributed by atoms with Gasteiger partial charge in [0.05, 0.1) is 11.4 Å². The third-order valence-electron chi connectivity index (χ3n) is 3.68. The van der Waals surface area contributed by atoms with Crippen LogP contribution in [-0.4, -0.2) is 12.5 Å². The minimum Gasteiger partial charge on any atom is -0.397 e. The first kappa shape index (κ1) is 17.3. The summed E-state index contributed by atoms with van der Waals surface area (Å²) in [5.41, 5.74) is 13.1. The number of unbranched alkanes of at least 4 members (excludes halogenated alkanes) is 7. The third kappa shape index (κ3) is 7.02. The number of carbonyl (C=O) groups excluding carboxylic acids is 1. The van der Waals surface area contributed by atoms with E-state index in [4.69, 9.17) is 11.5 Å². The zero-order chi connectivity index (χ0) is 15.5. The smallest absolute Gasteiger partial charge is 0.248 e. The van der Waals surface area contributed by atoms with Gasteiger partial charge in [-0.2, -0.15) is 0 Å². The summed E-state index contributed by atoms with van der Waals surface area (Å²) in [5, 5.41) is 3.29. The lowest BCUT2D eigenvalue weighted by molar-refractivity contribution is 0.100. The number of nitrogens with one attached hydrogen (secondary N) is 1. The Morgan fingerprint density at radius 1 is 1.05 bits per heavy atom. The van der Waals surface area contributed by atoms with E-state index in [1.807, 2.05) is 0 Å². The molecule has 118 valence electrons. The van der Waals surface area contributed by atoms with Gasteiger partial charge in [0.25, 0.3) is 0 Å². The van der Waals surface area contributed by atoms with Crippen LogP contribution in [0.4, 0.5) is 11.4 Å². The molecule has 0 unspecified atom stereocenters. The minimum atomic E-state index is -0.426. The Morgan fingerprint density at radius 3 is 2.29 bits per heavy atom. The van der Waals surface area contributed by atoms with Crippen molar-refractivity contribution in [2.75, 3.05) is 17.6 Å². The average molecular weight is 291 g/mol. The maximum Gasteiger partial charge on any atom is 0.248 e. The van der Waals surface area contributed by atoms with Crippen LogP contribution in [0.25, 0.3) is 0 Å². The number of nitrogens with two attached hydrogens (primary N) is 2. The van der Waals surface area contributed by atoms with Crippen molar-refractivity contribution in [3.8, 4) is 0 Å². The molecule has 0 aliphatic heterocycles. The highest BCUT2D eigenvalue weighted by molar-refractivity contribution is 5.94. The molecule has 0 spiro atoms. The predicted octanol–water partition coefficient (Wildman–Crippen LogP) is 3.92. The van der Waals surface area contributed by atoms with Crippen LogP contribution in [0.5, 0.6) is 0 Å². The van der Waals surface area contributed by atoms with Gasteiger partial charge in [-0.3, -0.25) is 4.79 Å². The molecule has 0 aliphatic carbocycles. The van der Waals surface area contributed by atoms with Crippen molar-refractivity contribution >= 4 is 17.3 Å². The van der Waals surface area contributed by atoms with Gasteiger partial charge in [0.15, 0.2) is 0 Å². The zero-order valence-corrected chi connectivity index (χ0v) is 13.2. The fraction of sp³-hybridized carbons (Fsp3) is 0.588. The van der Waals surface area contributed by atoms with E-state index in [0.717, 1.165) is 18.7 Å². The Kier molecular flexibility index (Phi) is 8.32. The molecule has 0 fully saturated rings. The molecule has 1 amide bonds. The van der Waals surface area contributed by atoms with Gasteiger partial charge in [-0.25, -0.2) is 0 Å². The lowest BCUT2D eigenvalue weighted by atomic mass is 10.1. The second-order valence-electron chi connectivity index (χ2n) is 5.57. The third-order valence-corrected chi connectivity index (χ3v) is 3.68. The first-order valence-corrected chi connectivity index (χ1v) is 8.08. The normalized spacial score (nSPS) is 10.5. The fourth-order valence-electron chi connectivity index (χ4n) is 2.34. The molecule has 0 bridgehead atoms. The Balaban J connectivity index is 2.18. The molecule has 4 heteroatoms. The van der Waals surface area contributed by atoms with Crippen LogP contribution >= 0.6 is 0 Å². The second-order valence-corrected chi connectivity index (χ2v) is 5.57. The van der Waals surface area contributed by atoms with Crippen LogP contribution in [0, 0.1) is 0 Å². The van der Waals surface area contributed by atoms with E-state index in [1.165, 1.54) is 44.9 Å². The number of nitrogen functional groups attached to an aromatic ring is 1. The highest BCUT2D eigenvalue weighted by atomic mass is 16.1. The van der Waals surface area contributed by atoms with Gasteiger partial charge in [-0.1, -0.05) is 51.9 Å². The predicted molar refractivity (Wildman–Crippen MR) is 90.5 cm³/mol. The highest BCUT2D eigenvalue weighted by Crippen LogP contribution is 2.20. The van der Waals surface area contributed by atoms with Crippen molar-refractivity contribution in [2.45, 2.75) is 58.3 Å². The molecular weight excluding hydrogens is 262 g/mol. The van der Waals surface area contributed by atoms with Gasteiger partial charge in [0.2, 0.25) is 5.91 Å². The van der Waals surface area contributed by atoms with Crippen molar-refractivity contribution in [1.29, 1.82) is 0 Å². The van der Waals surface area contributed by atoms with Gasteiger partial charge in [0, 0.05) is 12.1 Å². The first-order valence-electron chi connectivity index (χ1n) is 8.08. The van der Waals surface area contributed by atoms with Crippen LogP contribution in [-0.2, 0) is 0 Å². The van der Waals surface area contributed by atoms with Gasteiger partial charge in [0.1, 0.15) is 0 Å². The quantitative estimate of drug-likeness (QED) is 0.427. The van der Waals surface area contributed by atoms with E-state index >= 15 is 0 Å². The summed E-state index contributed by atoms with van der Waals surface area (Å²) in [6.45, 7) is 3.12. The molecule has 0 aliphatic rings. The van der Waals surface area contributed by atoms with Crippen LogP contribution in [0.1, 0.15) is 68.6 Å². The van der Waals surface area contributed by atoms with Crippen molar-refractivity contribution in [2.24, 2.45) is 5.73 Å². The van der Waals surface area contributed by atoms with Crippen molar-refractivity contribution in [3.63, 3.8) is 0 Å². The number of hydrogen-bond acceptors (Lipinski definition) is 3. The number of anilines is 2. The first-order chi connectivity index (χ1) is 10.1. The van der Waals surface area contributed by atoms with Crippen LogP contribution in [0.2, 0.25) is 0 Å². The fourth-order valence-corrected chi connectivity index (χ4v) is 2.34. The average Bonchev–Trinajstić information content (AvgIpc) is 2.47. The summed E-state index contributed by atoms with van der Waals surface area (Å²) in [6.07, 6.45) is 10.4. The Morgan fingerprint density at radius 2 is 1.67 bits per heavy atom. The molecule has 0 saturated heterocycles. The molecule has 5 N–H and O–H groups in total. The van der Waals surface area contributed by atoms with E-state index in [9.17, 15) is 4.79 Å². The summed E-state index contributed by atoms with van der Waals surface area (Å²) < 4.78 is 0. The van der Waals surface area contributed by atoms with Gasteiger partial charge in [-0.05, 0) is 24.6 Å². The number of amides is 1. The Hall–Kier alpha value is -1.71. The van der Waals surface area contributed by atoms with Gasteiger partial charge >= 0.3 is 0 Å². The molecule has 21 heavy (non-hydrogen) atoms. The lowest BCUT2D eigenvalue weighted by Gasteiger charge is -2.10. The van der Waals surface area contributed by atoms with Crippen LogP contribution < -0.4 is 16.8 Å². The number of rotatable bonds is 11. The monoisotopic (exact) mass is 291 g/mol. The number of carbonyl (C=O) groups is 1. The summed E-state index contributed by atoms with van der Waals surface area (Å²) in [5.74, 6) is -0.426. The molecular formula is C17H29N3O. The molecule has 4 nitrogen and oxygen atoms in total. The lowest BCUT2D eigenvalue weighted by Crippen LogP contribution is -2.12. The van der Waals surface area contributed by atoms with Crippen LogP contribution in [0.3, 0.4) is 0 Å². The van der Waals surface area contributed by atoms with Gasteiger partial charge in [-0.15, -0.1) is 0 Å². The zero-order valence-electron chi connectivity index (χ0n) is 13.2. The molecule has 0 heterocycles. The Labute approximate surface area is 128 Å². The van der Waals surface area contributed by atoms with E-state index in [0.29, 0.717) is 11.3 Å². The summed E-state index contributed by atoms with van der Waals surface area (Å²) in [4.78, 5) is 11.1. The molecule has 1 rings (SSSR count). The van der Waals surface area contributed by atoms with Crippen molar-refractivity contribution < 1.29 is 4.79 Å². The molecule has 0 saturated carbocycles. The highest BCUT2D eigenvalue weighted by Gasteiger charge is 2.04. The standard InChI is InChI=1S/C17H29N3O/c1-2-3-4-5-6-7-8-9-12-20-16-13-14(17(19)21)10-11-15(16)18/h10-11,13,20H,2-9,12,18H2,1H3,(H2,19,21).